The molecule has 1 aromatic carbocycles. The molecule has 2 nitrogen and oxygen atoms in total. The molecule has 20 heavy (non-hydrogen) atoms. The van der Waals surface area contributed by atoms with Crippen molar-refractivity contribution >= 4 is 0 Å². The molecule has 0 saturated heterocycles. The highest BCUT2D eigenvalue weighted by molar-refractivity contribution is 5.27. The van der Waals surface area contributed by atoms with E-state index in [0.29, 0.717) is 12.1 Å². The van der Waals surface area contributed by atoms with Crippen LogP contribution in [-0.2, 0) is 6.18 Å². The summed E-state index contributed by atoms with van der Waals surface area (Å²) >= 11 is 0. The molecule has 0 aromatic heterocycles. The van der Waals surface area contributed by atoms with Gasteiger partial charge in [-0.2, -0.15) is 13.2 Å². The average molecular weight is 289 g/mol. The van der Waals surface area contributed by atoms with Gasteiger partial charge in [0.25, 0.3) is 0 Å². The Morgan fingerprint density at radius 2 is 1.90 bits per heavy atom. The van der Waals surface area contributed by atoms with Crippen molar-refractivity contribution in [2.24, 2.45) is 0 Å². The first-order valence-electron chi connectivity index (χ1n) is 6.85. The zero-order chi connectivity index (χ0) is 15.3. The highest BCUT2D eigenvalue weighted by atomic mass is 19.4. The second-order valence-corrected chi connectivity index (χ2v) is 5.23. The fourth-order valence-corrected chi connectivity index (χ4v) is 2.10. The van der Waals surface area contributed by atoms with Gasteiger partial charge in [-0.3, -0.25) is 4.90 Å². The first-order chi connectivity index (χ1) is 9.25. The van der Waals surface area contributed by atoms with Crippen LogP contribution in [0.15, 0.2) is 24.3 Å². The van der Waals surface area contributed by atoms with Gasteiger partial charge in [0, 0.05) is 12.6 Å². The molecule has 0 radical (unpaired) electrons. The van der Waals surface area contributed by atoms with E-state index in [1.165, 1.54) is 12.1 Å². The van der Waals surface area contributed by atoms with Gasteiger partial charge in [0.05, 0.1) is 11.7 Å². The molecule has 0 amide bonds. The van der Waals surface area contributed by atoms with Gasteiger partial charge in [0.2, 0.25) is 0 Å². The third-order valence-corrected chi connectivity index (χ3v) is 3.25. The number of benzene rings is 1. The van der Waals surface area contributed by atoms with E-state index in [0.717, 1.165) is 25.1 Å². The van der Waals surface area contributed by atoms with Crippen LogP contribution < -0.4 is 0 Å². The fraction of sp³-hybridized carbons (Fsp3) is 0.600. The molecule has 1 rings (SSSR count). The summed E-state index contributed by atoms with van der Waals surface area (Å²) in [7, 11) is 0. The largest absolute Gasteiger partial charge is 0.416 e. The van der Waals surface area contributed by atoms with Gasteiger partial charge >= 0.3 is 6.18 Å². The van der Waals surface area contributed by atoms with Crippen LogP contribution in [-0.4, -0.2) is 29.1 Å². The van der Waals surface area contributed by atoms with Gasteiger partial charge in [-0.05, 0) is 44.5 Å². The lowest BCUT2D eigenvalue weighted by molar-refractivity contribution is -0.137. The number of aliphatic hydroxyl groups is 1. The van der Waals surface area contributed by atoms with E-state index in [1.54, 1.807) is 0 Å². The molecule has 1 unspecified atom stereocenters. The molecule has 0 spiro atoms. The van der Waals surface area contributed by atoms with E-state index in [4.69, 9.17) is 0 Å². The number of halogens is 3. The summed E-state index contributed by atoms with van der Waals surface area (Å²) in [6.07, 6.45) is -4.35. The normalized spacial score (nSPS) is 14.1. The number of hydrogen-bond acceptors (Lipinski definition) is 2. The van der Waals surface area contributed by atoms with Crippen LogP contribution in [0, 0.1) is 0 Å². The van der Waals surface area contributed by atoms with Gasteiger partial charge in [0.15, 0.2) is 0 Å². The summed E-state index contributed by atoms with van der Waals surface area (Å²) in [6, 6.07) is 5.15. The molecule has 0 aliphatic carbocycles. The second-order valence-electron chi connectivity index (χ2n) is 5.23. The van der Waals surface area contributed by atoms with E-state index in [1.807, 2.05) is 20.8 Å². The summed E-state index contributed by atoms with van der Waals surface area (Å²) < 4.78 is 38.0. The Labute approximate surface area is 118 Å². The van der Waals surface area contributed by atoms with Crippen LogP contribution in [0.1, 0.15) is 44.4 Å². The Morgan fingerprint density at radius 3 is 2.40 bits per heavy atom. The Balaban J connectivity index is 2.84. The van der Waals surface area contributed by atoms with Crippen molar-refractivity contribution < 1.29 is 18.3 Å². The van der Waals surface area contributed by atoms with Crippen molar-refractivity contribution in [2.45, 2.75) is 45.5 Å². The van der Waals surface area contributed by atoms with Gasteiger partial charge in [0.1, 0.15) is 0 Å². The fourth-order valence-electron chi connectivity index (χ4n) is 2.10. The lowest BCUT2D eigenvalue weighted by Crippen LogP contribution is -2.35. The number of alkyl halides is 3. The maximum atomic E-state index is 12.7. The third-order valence-electron chi connectivity index (χ3n) is 3.25. The van der Waals surface area contributed by atoms with Gasteiger partial charge < -0.3 is 5.11 Å². The Morgan fingerprint density at radius 1 is 1.25 bits per heavy atom. The monoisotopic (exact) mass is 289 g/mol. The quantitative estimate of drug-likeness (QED) is 0.859. The lowest BCUT2D eigenvalue weighted by atomic mass is 10.0. The summed E-state index contributed by atoms with van der Waals surface area (Å²) in [4.78, 5) is 2.06. The number of hydrogen-bond donors (Lipinski definition) is 1. The van der Waals surface area contributed by atoms with Crippen LogP contribution >= 0.6 is 0 Å². The molecule has 0 saturated carbocycles. The Bertz CT molecular complexity index is 418. The predicted molar refractivity (Wildman–Crippen MR) is 73.4 cm³/mol. The Hall–Kier alpha value is -1.07. The predicted octanol–water partition coefficient (Wildman–Crippen LogP) is 3.86. The molecule has 0 heterocycles. The molecule has 0 bridgehead atoms. The van der Waals surface area contributed by atoms with Crippen LogP contribution in [0.25, 0.3) is 0 Å². The molecule has 1 N–H and O–H groups in total. The third kappa shape index (κ3) is 4.80. The first-order valence-corrected chi connectivity index (χ1v) is 6.85. The van der Waals surface area contributed by atoms with Gasteiger partial charge in [-0.15, -0.1) is 0 Å². The van der Waals surface area contributed by atoms with Crippen LogP contribution in [0.4, 0.5) is 13.2 Å². The molecular formula is C15H22F3NO. The second kappa shape index (κ2) is 7.09. The van der Waals surface area contributed by atoms with Gasteiger partial charge in [-0.25, -0.2) is 0 Å². The maximum Gasteiger partial charge on any atom is 0.416 e. The molecule has 5 heteroatoms. The first kappa shape index (κ1) is 17.0. The highest BCUT2D eigenvalue weighted by Gasteiger charge is 2.31. The van der Waals surface area contributed by atoms with E-state index in [2.05, 4.69) is 4.90 Å². The van der Waals surface area contributed by atoms with Crippen molar-refractivity contribution in [1.82, 2.24) is 4.90 Å². The SMILES string of the molecule is CCCN(CC(O)c1cccc(C(F)(F)F)c1)C(C)C. The summed E-state index contributed by atoms with van der Waals surface area (Å²) in [5.74, 6) is 0. The molecular weight excluding hydrogens is 267 g/mol. The number of nitrogens with zero attached hydrogens (tertiary/aromatic N) is 1. The molecule has 0 aliphatic rings. The summed E-state index contributed by atoms with van der Waals surface area (Å²) in [6.45, 7) is 7.20. The van der Waals surface area contributed by atoms with E-state index in [9.17, 15) is 18.3 Å². The van der Waals surface area contributed by atoms with Crippen molar-refractivity contribution in [3.05, 3.63) is 35.4 Å². The zero-order valence-corrected chi connectivity index (χ0v) is 12.1. The number of rotatable bonds is 6. The minimum Gasteiger partial charge on any atom is -0.387 e. The molecule has 0 fully saturated rings. The van der Waals surface area contributed by atoms with E-state index in [-0.39, 0.29) is 6.04 Å². The van der Waals surface area contributed by atoms with Crippen molar-refractivity contribution in [1.29, 1.82) is 0 Å². The Kier molecular flexibility index (Phi) is 6.02. The molecule has 0 aliphatic heterocycles. The van der Waals surface area contributed by atoms with Crippen molar-refractivity contribution in [2.75, 3.05) is 13.1 Å². The topological polar surface area (TPSA) is 23.5 Å². The minimum atomic E-state index is -4.38. The van der Waals surface area contributed by atoms with Gasteiger partial charge in [-0.1, -0.05) is 19.1 Å². The standard InChI is InChI=1S/C15H22F3NO/c1-4-8-19(11(2)3)10-14(20)12-6-5-7-13(9-12)15(16,17)18/h5-7,9,11,14,20H,4,8,10H2,1-3H3. The summed E-state index contributed by atoms with van der Waals surface area (Å²) in [5.41, 5.74) is -0.415. The molecule has 1 aromatic rings. The van der Waals surface area contributed by atoms with E-state index >= 15 is 0 Å². The van der Waals surface area contributed by atoms with Crippen molar-refractivity contribution in [3.8, 4) is 0 Å². The van der Waals surface area contributed by atoms with Crippen molar-refractivity contribution in [3.63, 3.8) is 0 Å². The summed E-state index contributed by atoms with van der Waals surface area (Å²) in [5, 5.41) is 10.1. The minimum absolute atomic E-state index is 0.246. The molecule has 114 valence electrons. The van der Waals surface area contributed by atoms with Crippen LogP contribution in [0.5, 0.6) is 0 Å². The number of aliphatic hydroxyl groups excluding tert-OH is 1. The average Bonchev–Trinajstić information content (AvgIpc) is 2.37. The lowest BCUT2D eigenvalue weighted by Gasteiger charge is -2.28. The zero-order valence-electron chi connectivity index (χ0n) is 12.1. The van der Waals surface area contributed by atoms with E-state index < -0.39 is 17.8 Å². The van der Waals surface area contributed by atoms with Crippen LogP contribution in [0.3, 0.4) is 0 Å². The highest BCUT2D eigenvalue weighted by Crippen LogP contribution is 2.31. The van der Waals surface area contributed by atoms with Crippen LogP contribution in [0.2, 0.25) is 0 Å². The smallest absolute Gasteiger partial charge is 0.387 e. The maximum absolute atomic E-state index is 12.7. The molecule has 1 atom stereocenters.